The number of hydrogen-bond donors (Lipinski definition) is 2. The molecule has 2 aromatic heterocycles. The summed E-state index contributed by atoms with van der Waals surface area (Å²) in [6.07, 6.45) is 6.46. The van der Waals surface area contributed by atoms with Gasteiger partial charge in [-0.3, -0.25) is 4.98 Å². The van der Waals surface area contributed by atoms with E-state index in [-0.39, 0.29) is 6.03 Å². The molecular weight excluding hydrogens is 366 g/mol. The maximum Gasteiger partial charge on any atom is 0.328 e. The first kappa shape index (κ1) is 19.2. The molecule has 0 aliphatic carbocycles. The summed E-state index contributed by atoms with van der Waals surface area (Å²) in [6, 6.07) is 4.18. The van der Waals surface area contributed by atoms with Crippen molar-refractivity contribution >= 4 is 23.8 Å². The molecule has 27 heavy (non-hydrogen) atoms. The van der Waals surface area contributed by atoms with Gasteiger partial charge in [0.05, 0.1) is 24.8 Å². The number of fused-ring (bicyclic) bond motifs is 1. The molecule has 0 fully saturated rings. The Bertz CT molecular complexity index is 782. The summed E-state index contributed by atoms with van der Waals surface area (Å²) >= 11 is 1.61. The Labute approximate surface area is 162 Å². The summed E-state index contributed by atoms with van der Waals surface area (Å²) in [5.41, 5.74) is 2.52. The molecule has 0 spiro atoms. The molecule has 2 amide bonds. The fraction of sp³-hybridized carbons (Fsp3) is 0.444. The van der Waals surface area contributed by atoms with Crippen molar-refractivity contribution in [1.82, 2.24) is 25.2 Å². The first-order valence-electron chi connectivity index (χ1n) is 8.72. The molecule has 2 atom stereocenters. The van der Waals surface area contributed by atoms with Crippen molar-refractivity contribution in [3.05, 3.63) is 47.8 Å². The zero-order chi connectivity index (χ0) is 19.2. The van der Waals surface area contributed by atoms with Gasteiger partial charge in [-0.05, 0) is 30.6 Å². The number of nitrogens with one attached hydrogen (secondary N) is 2. The molecule has 0 saturated carbocycles. The second kappa shape index (κ2) is 8.90. The highest BCUT2D eigenvalue weighted by molar-refractivity contribution is 7.98. The third-order valence-corrected chi connectivity index (χ3v) is 5.19. The minimum absolute atomic E-state index is 0.323. The minimum atomic E-state index is -0.681. The van der Waals surface area contributed by atoms with Crippen LogP contribution >= 0.6 is 11.8 Å². The third-order valence-electron chi connectivity index (χ3n) is 4.55. The number of imidazole rings is 1. The highest BCUT2D eigenvalue weighted by atomic mass is 32.2. The van der Waals surface area contributed by atoms with Crippen molar-refractivity contribution in [2.75, 3.05) is 25.7 Å². The van der Waals surface area contributed by atoms with Crippen molar-refractivity contribution < 1.29 is 14.3 Å². The number of hydrogen-bond acceptors (Lipinski definition) is 6. The number of carbonyl (C=O) groups excluding carboxylic acids is 2. The largest absolute Gasteiger partial charge is 0.467 e. The Hall–Kier alpha value is -2.55. The van der Waals surface area contributed by atoms with Crippen LogP contribution in [-0.4, -0.2) is 63.6 Å². The molecule has 0 saturated heterocycles. The topological polar surface area (TPSA) is 100 Å². The van der Waals surface area contributed by atoms with Crippen LogP contribution < -0.4 is 5.32 Å². The van der Waals surface area contributed by atoms with E-state index < -0.39 is 18.1 Å². The van der Waals surface area contributed by atoms with Crippen molar-refractivity contribution in [3.8, 4) is 0 Å². The average Bonchev–Trinajstić information content (AvgIpc) is 3.19. The van der Waals surface area contributed by atoms with Crippen LogP contribution in [0.4, 0.5) is 4.79 Å². The normalized spacial score (nSPS) is 17.1. The van der Waals surface area contributed by atoms with E-state index in [9.17, 15) is 9.59 Å². The minimum Gasteiger partial charge on any atom is -0.467 e. The Morgan fingerprint density at radius 2 is 2.30 bits per heavy atom. The van der Waals surface area contributed by atoms with E-state index in [1.165, 1.54) is 7.11 Å². The summed E-state index contributed by atoms with van der Waals surface area (Å²) in [5, 5.41) is 2.83. The molecule has 3 rings (SSSR count). The molecule has 0 unspecified atom stereocenters. The van der Waals surface area contributed by atoms with Crippen LogP contribution in [0.3, 0.4) is 0 Å². The number of aromatic amines is 1. The summed E-state index contributed by atoms with van der Waals surface area (Å²) in [6.45, 7) is 0.499. The van der Waals surface area contributed by atoms with Gasteiger partial charge in [-0.15, -0.1) is 0 Å². The molecule has 1 aliphatic rings. The van der Waals surface area contributed by atoms with Gasteiger partial charge in [0.2, 0.25) is 0 Å². The van der Waals surface area contributed by atoms with E-state index in [0.29, 0.717) is 19.4 Å². The van der Waals surface area contributed by atoms with Gasteiger partial charge in [0, 0.05) is 24.9 Å². The number of amides is 2. The van der Waals surface area contributed by atoms with Crippen LogP contribution in [0.1, 0.15) is 29.5 Å². The van der Waals surface area contributed by atoms with Crippen LogP contribution in [0.25, 0.3) is 0 Å². The van der Waals surface area contributed by atoms with Gasteiger partial charge < -0.3 is 19.9 Å². The number of H-pyrrole nitrogens is 1. The number of aromatic nitrogens is 3. The van der Waals surface area contributed by atoms with Crippen molar-refractivity contribution in [1.29, 1.82) is 0 Å². The van der Waals surface area contributed by atoms with Gasteiger partial charge >= 0.3 is 12.0 Å². The first-order valence-corrected chi connectivity index (χ1v) is 10.1. The molecule has 2 aromatic rings. The fourth-order valence-corrected chi connectivity index (χ4v) is 3.66. The number of carbonyl (C=O) groups is 2. The zero-order valence-corrected chi connectivity index (χ0v) is 16.2. The first-order chi connectivity index (χ1) is 13.2. The third kappa shape index (κ3) is 4.24. The maximum absolute atomic E-state index is 13.0. The highest BCUT2D eigenvalue weighted by Crippen LogP contribution is 2.32. The second-order valence-electron chi connectivity index (χ2n) is 6.17. The van der Waals surface area contributed by atoms with Gasteiger partial charge in [0.25, 0.3) is 0 Å². The monoisotopic (exact) mass is 389 g/mol. The lowest BCUT2D eigenvalue weighted by Crippen LogP contribution is -2.51. The highest BCUT2D eigenvalue weighted by Gasteiger charge is 2.36. The summed E-state index contributed by atoms with van der Waals surface area (Å²) in [7, 11) is 1.33. The van der Waals surface area contributed by atoms with Crippen molar-refractivity contribution in [2.24, 2.45) is 0 Å². The standard InChI is InChI=1S/C18H23N5O3S/c1-26-17(24)14(7-10-27-2)22-18(25)23-9-6-12-15(21-11-20-12)16(23)13-5-3-4-8-19-13/h3-5,8,11,14,16H,6-7,9-10H2,1-2H3,(H,20,21)(H,22,25)/t14-,16+/m1/s1. The predicted octanol–water partition coefficient (Wildman–Crippen LogP) is 1.76. The SMILES string of the molecule is COC(=O)[C@@H](CCSC)NC(=O)N1CCc2[nH]cnc2[C@@H]1c1ccccn1. The van der Waals surface area contributed by atoms with E-state index in [2.05, 4.69) is 20.3 Å². The number of nitrogens with zero attached hydrogens (tertiary/aromatic N) is 3. The number of rotatable bonds is 6. The summed E-state index contributed by atoms with van der Waals surface area (Å²) in [5.74, 6) is 0.303. The Balaban J connectivity index is 1.85. The quantitative estimate of drug-likeness (QED) is 0.730. The molecule has 8 nitrogen and oxygen atoms in total. The number of thioether (sulfide) groups is 1. The van der Waals surface area contributed by atoms with Crippen LogP contribution in [-0.2, 0) is 16.0 Å². The van der Waals surface area contributed by atoms with E-state index in [1.807, 2.05) is 24.5 Å². The molecule has 0 aromatic carbocycles. The molecule has 3 heterocycles. The molecule has 2 N–H and O–H groups in total. The number of esters is 1. The molecule has 0 bridgehead atoms. The van der Waals surface area contributed by atoms with E-state index in [1.54, 1.807) is 29.2 Å². The van der Waals surface area contributed by atoms with Crippen molar-refractivity contribution in [2.45, 2.75) is 24.9 Å². The maximum atomic E-state index is 13.0. The Morgan fingerprint density at radius 3 is 3.00 bits per heavy atom. The number of methoxy groups -OCH3 is 1. The van der Waals surface area contributed by atoms with Gasteiger partial charge in [-0.25, -0.2) is 14.6 Å². The molecule has 9 heteroatoms. The van der Waals surface area contributed by atoms with Crippen molar-refractivity contribution in [3.63, 3.8) is 0 Å². The second-order valence-corrected chi connectivity index (χ2v) is 7.16. The van der Waals surface area contributed by atoms with Crippen LogP contribution in [0, 0.1) is 0 Å². The van der Waals surface area contributed by atoms with E-state index in [0.717, 1.165) is 22.8 Å². The Morgan fingerprint density at radius 1 is 1.44 bits per heavy atom. The van der Waals surface area contributed by atoms with Gasteiger partial charge in [-0.2, -0.15) is 11.8 Å². The average molecular weight is 389 g/mol. The predicted molar refractivity (Wildman–Crippen MR) is 102 cm³/mol. The molecular formula is C18H23N5O3S. The van der Waals surface area contributed by atoms with Crippen LogP contribution in [0.15, 0.2) is 30.7 Å². The van der Waals surface area contributed by atoms with Crippen LogP contribution in [0.2, 0.25) is 0 Å². The molecule has 1 aliphatic heterocycles. The lowest BCUT2D eigenvalue weighted by atomic mass is 9.99. The van der Waals surface area contributed by atoms with E-state index >= 15 is 0 Å². The Kier molecular flexibility index (Phi) is 6.33. The number of pyridine rings is 1. The lowest BCUT2D eigenvalue weighted by molar-refractivity contribution is -0.142. The van der Waals surface area contributed by atoms with Gasteiger partial charge in [-0.1, -0.05) is 6.07 Å². The molecule has 144 valence electrons. The van der Waals surface area contributed by atoms with Gasteiger partial charge in [0.15, 0.2) is 0 Å². The summed E-state index contributed by atoms with van der Waals surface area (Å²) < 4.78 is 4.84. The number of urea groups is 1. The van der Waals surface area contributed by atoms with Gasteiger partial charge in [0.1, 0.15) is 12.1 Å². The lowest BCUT2D eigenvalue weighted by Gasteiger charge is -2.35. The number of ether oxygens (including phenoxy) is 1. The molecule has 0 radical (unpaired) electrons. The van der Waals surface area contributed by atoms with Crippen LogP contribution in [0.5, 0.6) is 0 Å². The fourth-order valence-electron chi connectivity index (χ4n) is 3.19. The smallest absolute Gasteiger partial charge is 0.328 e. The summed E-state index contributed by atoms with van der Waals surface area (Å²) in [4.78, 5) is 38.8. The zero-order valence-electron chi connectivity index (χ0n) is 15.3. The van der Waals surface area contributed by atoms with E-state index in [4.69, 9.17) is 4.74 Å².